The predicted octanol–water partition coefficient (Wildman–Crippen LogP) is 8.31. The molecule has 4 aromatic rings. The second-order valence-corrected chi connectivity index (χ2v) is 17.6. The Labute approximate surface area is 452 Å². The quantitative estimate of drug-likeness (QED) is 0.0453. The molecule has 3 aliphatic heterocycles. The van der Waals surface area contributed by atoms with Crippen LogP contribution in [0.1, 0.15) is 140 Å². The molecule has 0 aliphatic carbocycles. The number of carbonyl (C=O) groups excluding carboxylic acids is 4. The van der Waals surface area contributed by atoms with Crippen LogP contribution in [0.25, 0.3) is 0 Å². The van der Waals surface area contributed by atoms with Crippen LogP contribution in [0, 0.1) is 10.1 Å². The number of nitro groups is 1. The largest absolute Gasteiger partial charge is 0.465 e. The molecule has 5 N–H and O–H groups in total. The molecule has 21 nitrogen and oxygen atoms in total. The summed E-state index contributed by atoms with van der Waals surface area (Å²) in [7, 11) is 3.31. The van der Waals surface area contributed by atoms with Crippen LogP contribution in [0.5, 0.6) is 0 Å². The molecule has 22 heteroatoms. The molecule has 2 saturated heterocycles. The number of benzene rings is 2. The maximum Gasteiger partial charge on any atom is 0.353 e. The molecule has 2 fully saturated rings. The van der Waals surface area contributed by atoms with Gasteiger partial charge in [-0.05, 0) is 93.9 Å². The lowest BCUT2D eigenvalue weighted by molar-refractivity contribution is -0.383. The van der Waals surface area contributed by atoms with Crippen LogP contribution in [0.4, 0.5) is 34.6 Å². The van der Waals surface area contributed by atoms with E-state index in [1.807, 2.05) is 49.1 Å². The highest BCUT2D eigenvalue weighted by Crippen LogP contribution is 2.34. The molecule has 0 radical (unpaired) electrons. The van der Waals surface area contributed by atoms with Crippen LogP contribution >= 0.6 is 12.4 Å². The molecule has 0 spiro atoms. The Morgan fingerprint density at radius 2 is 1.19 bits per heavy atom. The van der Waals surface area contributed by atoms with Crippen LogP contribution in [0.3, 0.4) is 0 Å². The molecular formula is C53H87ClN14O7. The van der Waals surface area contributed by atoms with E-state index in [-0.39, 0.29) is 111 Å². The van der Waals surface area contributed by atoms with Crippen molar-refractivity contribution in [1.29, 1.82) is 0 Å². The van der Waals surface area contributed by atoms with E-state index in [2.05, 4.69) is 53.3 Å². The first-order chi connectivity index (χ1) is 33.2. The van der Waals surface area contributed by atoms with Gasteiger partial charge in [-0.2, -0.15) is 9.97 Å². The van der Waals surface area contributed by atoms with Gasteiger partial charge in [0.15, 0.2) is 11.6 Å². The zero-order valence-corrected chi connectivity index (χ0v) is 41.7. The Bertz CT molecular complexity index is 2470. The van der Waals surface area contributed by atoms with Gasteiger partial charge in [0.1, 0.15) is 12.2 Å². The van der Waals surface area contributed by atoms with Gasteiger partial charge < -0.3 is 41.1 Å². The van der Waals surface area contributed by atoms with Crippen LogP contribution in [0.2, 0.25) is 0 Å². The second kappa shape index (κ2) is 32.6. The number of esters is 1. The zero-order valence-electron chi connectivity index (χ0n) is 40.9. The number of amides is 3. The van der Waals surface area contributed by atoms with Gasteiger partial charge in [0.2, 0.25) is 29.2 Å². The third-order valence-corrected chi connectivity index (χ3v) is 11.9. The van der Waals surface area contributed by atoms with E-state index in [1.54, 1.807) is 25.9 Å². The normalized spacial score (nSPS) is 13.5. The average Bonchev–Trinajstić information content (AvgIpc) is 4.04. The van der Waals surface area contributed by atoms with Gasteiger partial charge in [-0.1, -0.05) is 99.5 Å². The van der Waals surface area contributed by atoms with Crippen molar-refractivity contribution >= 4 is 70.7 Å². The van der Waals surface area contributed by atoms with Crippen LogP contribution in [-0.4, -0.2) is 141 Å². The van der Waals surface area contributed by atoms with Gasteiger partial charge in [-0.25, -0.2) is 9.97 Å². The van der Waals surface area contributed by atoms with E-state index < -0.39 is 28.3 Å². The molecule has 418 valence electrons. The maximum atomic E-state index is 12.9. The summed E-state index contributed by atoms with van der Waals surface area (Å²) in [5.41, 5.74) is 16.1. The molecule has 2 aromatic carbocycles. The minimum Gasteiger partial charge on any atom is -0.465 e. The van der Waals surface area contributed by atoms with Crippen LogP contribution in [-0.2, 0) is 40.5 Å². The fraction of sp³-hybridized carbons (Fsp3) is 0.547. The third kappa shape index (κ3) is 18.6. The van der Waals surface area contributed by atoms with Gasteiger partial charge in [0.05, 0.1) is 18.1 Å². The molecule has 5 heterocycles. The van der Waals surface area contributed by atoms with E-state index in [9.17, 15) is 29.3 Å². The first-order valence-electron chi connectivity index (χ1n) is 23.7. The number of ether oxygens (including phenoxy) is 1. The number of fused-ring (bicyclic) bond motifs is 1. The van der Waals surface area contributed by atoms with E-state index in [0.29, 0.717) is 37.6 Å². The molecule has 7 rings (SSSR count). The Hall–Kier alpha value is -6.71. The highest BCUT2D eigenvalue weighted by Gasteiger charge is 2.32. The summed E-state index contributed by atoms with van der Waals surface area (Å²) in [6.45, 7) is 13.3. The lowest BCUT2D eigenvalue weighted by atomic mass is 10.1. The molecule has 0 saturated carbocycles. The number of nitrogens with zero attached hydrogens (tertiary/aromatic N) is 11. The number of halogens is 1. The number of likely N-dealkylation sites (tertiary alicyclic amines) is 2. The highest BCUT2D eigenvalue weighted by atomic mass is 35.5. The Balaban J connectivity index is 0.00000136. The summed E-state index contributed by atoms with van der Waals surface area (Å²) in [4.78, 5) is 89.7. The Morgan fingerprint density at radius 3 is 1.68 bits per heavy atom. The molecule has 0 atom stereocenters. The number of nitrogens with one attached hydrogen (secondary N) is 1. The second-order valence-electron chi connectivity index (χ2n) is 17.6. The highest BCUT2D eigenvalue weighted by molar-refractivity contribution is 6.04. The lowest BCUT2D eigenvalue weighted by Crippen LogP contribution is -2.40. The topological polar surface area (TPSA) is 256 Å². The summed E-state index contributed by atoms with van der Waals surface area (Å²) in [6, 6.07) is 16.2. The summed E-state index contributed by atoms with van der Waals surface area (Å²) in [6.07, 6.45) is 6.42. The fourth-order valence-electron chi connectivity index (χ4n) is 8.69. The third-order valence-electron chi connectivity index (χ3n) is 11.9. The molecule has 75 heavy (non-hydrogen) atoms. The zero-order chi connectivity index (χ0) is 49.6. The number of rotatable bonds is 19. The summed E-state index contributed by atoms with van der Waals surface area (Å²) < 4.78 is 5.12. The summed E-state index contributed by atoms with van der Waals surface area (Å²) in [5.74, 6) is -1.87. The number of hydrogen-bond donors (Lipinski definition) is 3. The molecule has 0 bridgehead atoms. The smallest absolute Gasteiger partial charge is 0.353 e. The number of nitrogens with two attached hydrogens (primary N) is 2. The minimum absolute atomic E-state index is 0. The van der Waals surface area contributed by atoms with Crippen LogP contribution < -0.4 is 26.6 Å². The van der Waals surface area contributed by atoms with E-state index in [4.69, 9.17) is 16.2 Å². The van der Waals surface area contributed by atoms with E-state index >= 15 is 0 Å². The molecular weight excluding hydrogens is 980 g/mol. The molecule has 3 amide bonds. The first kappa shape index (κ1) is 68.3. The minimum atomic E-state index is -0.698. The standard InChI is InChI=1S/C25H35N7O5.C23H31N7O2.5CH4.ClH/c1-4-11-29(3)25(34)23-27-22(26)21(32(35)36)24(28-23)31(17-20(33)37-5-2)16-19-10-8-9-18(14-19)15-30-12-6-7-13-30;1-3-9-28(2)23(32)21-26-20(24)19-22(27-21)30(15-18(31)25-19)14-17-8-6-7-16(12-17)13-29-10-4-5-11-29;;;;;;/h8-10,14H,4-7,11-13,15-17H2,1-3H3,(H2,26,27,28);6-8,12H,3-5,9-11,13-15H2,1-2H3,(H,25,31)(H2,24,26,27);5*1H4;1H. The SMILES string of the molecule is C.C.C.C.C.CCCN(C)C(=O)c1nc(N)c([N+](=O)[O-])c(N(CC(=O)OCC)Cc2cccc(CN3CCCC3)c2)n1.CCCN(C)C(=O)c1nc(N)c2c(n1)N(Cc1cccc(CN3CCCC3)c1)CC(=O)N2.Cl. The summed E-state index contributed by atoms with van der Waals surface area (Å²) in [5, 5.41) is 14.7. The van der Waals surface area contributed by atoms with Crippen LogP contribution in [0.15, 0.2) is 48.5 Å². The van der Waals surface area contributed by atoms with Gasteiger partial charge in [-0.15, -0.1) is 12.4 Å². The first-order valence-corrected chi connectivity index (χ1v) is 23.7. The number of aromatic nitrogens is 4. The van der Waals surface area contributed by atoms with Crippen molar-refractivity contribution in [3.8, 4) is 0 Å². The summed E-state index contributed by atoms with van der Waals surface area (Å²) >= 11 is 0. The monoisotopic (exact) mass is 1070 g/mol. The molecule has 2 aromatic heterocycles. The molecule has 0 unspecified atom stereocenters. The van der Waals surface area contributed by atoms with E-state index in [1.165, 1.54) is 41.0 Å². The number of hydrogen-bond acceptors (Lipinski definition) is 17. The maximum absolute atomic E-state index is 12.9. The van der Waals surface area contributed by atoms with Crippen molar-refractivity contribution in [2.45, 2.75) is 123 Å². The Morgan fingerprint density at radius 1 is 0.720 bits per heavy atom. The van der Waals surface area contributed by atoms with Gasteiger partial charge in [0, 0.05) is 53.4 Å². The lowest BCUT2D eigenvalue weighted by Gasteiger charge is -2.30. The number of carbonyl (C=O) groups is 4. The number of nitrogen functional groups attached to an aromatic ring is 2. The number of anilines is 5. The van der Waals surface area contributed by atoms with Crippen molar-refractivity contribution in [3.63, 3.8) is 0 Å². The Kier molecular flexibility index (Phi) is 29.7. The van der Waals surface area contributed by atoms with Gasteiger partial charge in [-0.3, -0.25) is 39.1 Å². The average molecular weight is 1070 g/mol. The van der Waals surface area contributed by atoms with Gasteiger partial charge >= 0.3 is 11.7 Å². The van der Waals surface area contributed by atoms with E-state index in [0.717, 1.165) is 62.4 Å². The van der Waals surface area contributed by atoms with Gasteiger partial charge in [0.25, 0.3) is 11.8 Å². The van der Waals surface area contributed by atoms with Crippen molar-refractivity contribution < 1.29 is 28.8 Å². The predicted molar refractivity (Wildman–Crippen MR) is 304 cm³/mol. The van der Waals surface area contributed by atoms with Crippen molar-refractivity contribution in [2.24, 2.45) is 0 Å². The fourth-order valence-corrected chi connectivity index (χ4v) is 8.69. The molecule has 3 aliphatic rings. The van der Waals surface area contributed by atoms with Crippen molar-refractivity contribution in [2.75, 3.05) is 99.6 Å². The van der Waals surface area contributed by atoms with Crippen molar-refractivity contribution in [1.82, 2.24) is 39.5 Å². The van der Waals surface area contributed by atoms with Crippen molar-refractivity contribution in [3.05, 3.63) is 92.5 Å².